The van der Waals surface area contributed by atoms with Crippen molar-refractivity contribution in [3.63, 3.8) is 0 Å². The Kier molecular flexibility index (Phi) is 7.00. The van der Waals surface area contributed by atoms with E-state index in [1.807, 2.05) is 0 Å². The number of esters is 2. The molecule has 104 valence electrons. The Morgan fingerprint density at radius 2 is 1.56 bits per heavy atom. The highest BCUT2D eigenvalue weighted by Gasteiger charge is 2.23. The van der Waals surface area contributed by atoms with Gasteiger partial charge < -0.3 is 14.6 Å². The number of carboxylic acid groups (broad SMARTS) is 1. The van der Waals surface area contributed by atoms with Gasteiger partial charge in [0.05, 0.1) is 5.41 Å². The van der Waals surface area contributed by atoms with E-state index in [1.54, 1.807) is 20.8 Å². The molecule has 0 unspecified atom stereocenters. The Morgan fingerprint density at radius 3 is 2.06 bits per heavy atom. The van der Waals surface area contributed by atoms with Crippen LogP contribution in [0.2, 0.25) is 0 Å². The average Bonchev–Trinajstić information content (AvgIpc) is 2.22. The first kappa shape index (κ1) is 16.4. The zero-order chi connectivity index (χ0) is 14.2. The molecular weight excluding hydrogens is 240 g/mol. The van der Waals surface area contributed by atoms with Crippen LogP contribution in [0, 0.1) is 5.41 Å². The van der Waals surface area contributed by atoms with Crippen molar-refractivity contribution in [2.45, 2.75) is 46.5 Å². The van der Waals surface area contributed by atoms with Gasteiger partial charge in [-0.2, -0.15) is 0 Å². The molecule has 0 aliphatic carbocycles. The smallest absolute Gasteiger partial charge is 0.314 e. The molecule has 0 aliphatic rings. The van der Waals surface area contributed by atoms with Crippen molar-refractivity contribution in [2.75, 3.05) is 6.79 Å². The van der Waals surface area contributed by atoms with Crippen molar-refractivity contribution in [2.24, 2.45) is 5.41 Å². The van der Waals surface area contributed by atoms with Gasteiger partial charge in [-0.3, -0.25) is 14.4 Å². The van der Waals surface area contributed by atoms with Crippen molar-refractivity contribution in [1.82, 2.24) is 0 Å². The first-order valence-electron chi connectivity index (χ1n) is 5.78. The molecule has 0 aromatic heterocycles. The first-order valence-corrected chi connectivity index (χ1v) is 5.78. The standard InChI is InChI=1S/C12H20O6/c1-12(2,3)11(16)18-8-17-10(15)7-5-4-6-9(13)14/h4-8H2,1-3H3,(H,13,14). The minimum Gasteiger partial charge on any atom is -0.481 e. The third kappa shape index (κ3) is 8.55. The lowest BCUT2D eigenvalue weighted by Gasteiger charge is -2.16. The van der Waals surface area contributed by atoms with E-state index in [4.69, 9.17) is 9.84 Å². The van der Waals surface area contributed by atoms with E-state index in [0.717, 1.165) is 0 Å². The summed E-state index contributed by atoms with van der Waals surface area (Å²) in [5.41, 5.74) is -0.631. The zero-order valence-corrected chi connectivity index (χ0v) is 11.0. The highest BCUT2D eigenvalue weighted by Crippen LogP contribution is 2.14. The van der Waals surface area contributed by atoms with Gasteiger partial charge in [-0.1, -0.05) is 0 Å². The van der Waals surface area contributed by atoms with Gasteiger partial charge in [-0.25, -0.2) is 0 Å². The van der Waals surface area contributed by atoms with Crippen LogP contribution in [0.5, 0.6) is 0 Å². The van der Waals surface area contributed by atoms with Crippen LogP contribution in [-0.4, -0.2) is 29.8 Å². The third-order valence-electron chi connectivity index (χ3n) is 2.04. The summed E-state index contributed by atoms with van der Waals surface area (Å²) >= 11 is 0. The van der Waals surface area contributed by atoms with E-state index in [-0.39, 0.29) is 12.8 Å². The minimum absolute atomic E-state index is 0.0340. The Balaban J connectivity index is 3.60. The van der Waals surface area contributed by atoms with Gasteiger partial charge in [-0.15, -0.1) is 0 Å². The van der Waals surface area contributed by atoms with Gasteiger partial charge in [-0.05, 0) is 33.6 Å². The molecule has 6 heteroatoms. The molecule has 18 heavy (non-hydrogen) atoms. The predicted octanol–water partition coefficient (Wildman–Crippen LogP) is 1.72. The van der Waals surface area contributed by atoms with E-state index in [0.29, 0.717) is 12.8 Å². The second-order valence-corrected chi connectivity index (χ2v) is 4.92. The molecule has 6 nitrogen and oxygen atoms in total. The van der Waals surface area contributed by atoms with E-state index in [1.165, 1.54) is 0 Å². The van der Waals surface area contributed by atoms with Crippen molar-refractivity contribution >= 4 is 17.9 Å². The molecule has 0 fully saturated rings. The topological polar surface area (TPSA) is 89.9 Å². The summed E-state index contributed by atoms with van der Waals surface area (Å²) in [5, 5.41) is 8.38. The SMILES string of the molecule is CC(C)(C)C(=O)OCOC(=O)CCCCC(=O)O. The van der Waals surface area contributed by atoms with Gasteiger partial charge in [0.1, 0.15) is 0 Å². The predicted molar refractivity (Wildman–Crippen MR) is 62.6 cm³/mol. The Morgan fingerprint density at radius 1 is 1.00 bits per heavy atom. The van der Waals surface area contributed by atoms with Crippen LogP contribution < -0.4 is 0 Å². The second kappa shape index (κ2) is 7.68. The number of carbonyl (C=O) groups excluding carboxylic acids is 2. The summed E-state index contributed by atoms with van der Waals surface area (Å²) in [6, 6.07) is 0. The lowest BCUT2D eigenvalue weighted by atomic mass is 9.98. The van der Waals surface area contributed by atoms with Gasteiger partial charge in [0.15, 0.2) is 0 Å². The number of rotatable bonds is 7. The zero-order valence-electron chi connectivity index (χ0n) is 11.0. The average molecular weight is 260 g/mol. The molecule has 0 amide bonds. The summed E-state index contributed by atoms with van der Waals surface area (Å²) in [6.07, 6.45) is 1.03. The lowest BCUT2D eigenvalue weighted by molar-refractivity contribution is -0.173. The molecule has 0 spiro atoms. The van der Waals surface area contributed by atoms with Gasteiger partial charge in [0.25, 0.3) is 0 Å². The van der Waals surface area contributed by atoms with Crippen LogP contribution in [0.4, 0.5) is 0 Å². The quantitative estimate of drug-likeness (QED) is 0.426. The number of ether oxygens (including phenoxy) is 2. The largest absolute Gasteiger partial charge is 0.481 e. The summed E-state index contributed by atoms with van der Waals surface area (Å²) < 4.78 is 9.43. The van der Waals surface area contributed by atoms with Crippen LogP contribution in [-0.2, 0) is 23.9 Å². The monoisotopic (exact) mass is 260 g/mol. The minimum atomic E-state index is -0.887. The normalized spacial score (nSPS) is 10.8. The number of unbranched alkanes of at least 4 members (excludes halogenated alkanes) is 1. The number of aliphatic carboxylic acids is 1. The molecule has 0 radical (unpaired) electrons. The molecule has 0 aromatic carbocycles. The van der Waals surface area contributed by atoms with E-state index >= 15 is 0 Å². The Labute approximate surface area is 106 Å². The van der Waals surface area contributed by atoms with Crippen LogP contribution in [0.25, 0.3) is 0 Å². The van der Waals surface area contributed by atoms with Crippen molar-refractivity contribution in [1.29, 1.82) is 0 Å². The maximum Gasteiger partial charge on any atom is 0.314 e. The van der Waals surface area contributed by atoms with Crippen LogP contribution in [0.3, 0.4) is 0 Å². The number of carbonyl (C=O) groups is 3. The lowest BCUT2D eigenvalue weighted by Crippen LogP contribution is -2.24. The molecule has 1 N–H and O–H groups in total. The number of hydrogen-bond donors (Lipinski definition) is 1. The van der Waals surface area contributed by atoms with Gasteiger partial charge in [0, 0.05) is 12.8 Å². The van der Waals surface area contributed by atoms with Gasteiger partial charge in [0.2, 0.25) is 6.79 Å². The molecule has 0 aromatic rings. The maximum atomic E-state index is 11.3. The molecular formula is C12H20O6. The fraction of sp³-hybridized carbons (Fsp3) is 0.750. The highest BCUT2D eigenvalue weighted by molar-refractivity contribution is 5.75. The molecule has 0 saturated carbocycles. The molecule has 0 rings (SSSR count). The van der Waals surface area contributed by atoms with E-state index in [2.05, 4.69) is 4.74 Å². The van der Waals surface area contributed by atoms with Crippen molar-refractivity contribution in [3.8, 4) is 0 Å². The number of hydrogen-bond acceptors (Lipinski definition) is 5. The third-order valence-corrected chi connectivity index (χ3v) is 2.04. The summed E-state index contributed by atoms with van der Waals surface area (Å²) in [6.45, 7) is 4.70. The van der Waals surface area contributed by atoms with Crippen molar-refractivity contribution < 1.29 is 29.0 Å². The summed E-state index contributed by atoms with van der Waals surface area (Å²) in [4.78, 5) is 32.7. The first-order chi connectivity index (χ1) is 8.23. The van der Waals surface area contributed by atoms with E-state index < -0.39 is 30.1 Å². The Bertz CT molecular complexity index is 302. The highest BCUT2D eigenvalue weighted by atomic mass is 16.7. The maximum absolute atomic E-state index is 11.3. The summed E-state index contributed by atoms with van der Waals surface area (Å²) in [7, 11) is 0. The van der Waals surface area contributed by atoms with Gasteiger partial charge >= 0.3 is 17.9 Å². The van der Waals surface area contributed by atoms with Crippen LogP contribution in [0.1, 0.15) is 46.5 Å². The fourth-order valence-electron chi connectivity index (χ4n) is 0.983. The molecule has 0 atom stereocenters. The van der Waals surface area contributed by atoms with Crippen LogP contribution >= 0.6 is 0 Å². The molecule has 0 aliphatic heterocycles. The fourth-order valence-corrected chi connectivity index (χ4v) is 0.983. The second-order valence-electron chi connectivity index (χ2n) is 4.92. The van der Waals surface area contributed by atoms with Crippen molar-refractivity contribution in [3.05, 3.63) is 0 Å². The number of carboxylic acids is 1. The summed E-state index contributed by atoms with van der Waals surface area (Å²) in [5.74, 6) is -1.83. The molecule has 0 bridgehead atoms. The molecule has 0 heterocycles. The Hall–Kier alpha value is -1.59. The molecule has 0 saturated heterocycles. The van der Waals surface area contributed by atoms with Crippen LogP contribution in [0.15, 0.2) is 0 Å². The van der Waals surface area contributed by atoms with E-state index in [9.17, 15) is 14.4 Å².